The SMILES string of the molecule is CC1(C)c2ccccc2-c2cccc(-c3ccc(N(c4ccc(-c5ccccc5)cc4)c4ccccc4-c4cccc5c4oc4cc6ccccc6cc45)cc3)c21. The van der Waals surface area contributed by atoms with Gasteiger partial charge in [0.15, 0.2) is 0 Å². The molecule has 0 amide bonds. The van der Waals surface area contributed by atoms with E-state index in [1.54, 1.807) is 0 Å². The van der Waals surface area contributed by atoms with E-state index in [1.165, 1.54) is 55.3 Å². The summed E-state index contributed by atoms with van der Waals surface area (Å²) >= 11 is 0. The van der Waals surface area contributed by atoms with Crippen LogP contribution in [0.25, 0.3) is 77.2 Å². The van der Waals surface area contributed by atoms with Crippen molar-refractivity contribution in [3.8, 4) is 44.5 Å². The van der Waals surface area contributed by atoms with Crippen LogP contribution in [0.4, 0.5) is 17.1 Å². The largest absolute Gasteiger partial charge is 0.455 e. The fourth-order valence-corrected chi connectivity index (χ4v) is 9.33. The summed E-state index contributed by atoms with van der Waals surface area (Å²) in [7, 11) is 0. The third kappa shape index (κ3) is 5.33. The topological polar surface area (TPSA) is 16.4 Å². The average molecular weight is 730 g/mol. The van der Waals surface area contributed by atoms with E-state index in [4.69, 9.17) is 4.42 Å². The van der Waals surface area contributed by atoms with Crippen LogP contribution in [0.3, 0.4) is 0 Å². The Bertz CT molecular complexity index is 3130. The van der Waals surface area contributed by atoms with E-state index in [0.29, 0.717) is 0 Å². The molecule has 0 unspecified atom stereocenters. The van der Waals surface area contributed by atoms with Gasteiger partial charge in [-0.2, -0.15) is 0 Å². The quantitative estimate of drug-likeness (QED) is 0.169. The van der Waals surface area contributed by atoms with Gasteiger partial charge in [0.1, 0.15) is 11.2 Å². The maximum Gasteiger partial charge on any atom is 0.143 e. The summed E-state index contributed by atoms with van der Waals surface area (Å²) in [4.78, 5) is 2.39. The van der Waals surface area contributed by atoms with Crippen LogP contribution in [0, 0.1) is 0 Å². The minimum Gasteiger partial charge on any atom is -0.455 e. The van der Waals surface area contributed by atoms with E-state index < -0.39 is 0 Å². The summed E-state index contributed by atoms with van der Waals surface area (Å²) in [5.74, 6) is 0. The standard InChI is InChI=1S/C55H39NO/c1-55(2)50-24-10-8-18-44(50)46-21-12-20-43(53(46)55)38-28-32-42(33-29-38)56(41-30-26-37(27-31-41)36-14-4-3-5-15-36)51-25-11-9-19-45(51)47-22-13-23-48-49-34-39-16-6-7-17-40(39)35-52(49)57-54(47)48/h3-35H,1-2H3. The Kier molecular flexibility index (Phi) is 7.55. The fraction of sp³-hybridized carbons (Fsp3) is 0.0545. The highest BCUT2D eigenvalue weighted by atomic mass is 16.3. The van der Waals surface area contributed by atoms with Crippen LogP contribution in [-0.2, 0) is 5.41 Å². The second-order valence-electron chi connectivity index (χ2n) is 15.7. The van der Waals surface area contributed by atoms with Crippen molar-refractivity contribution in [2.75, 3.05) is 4.90 Å². The van der Waals surface area contributed by atoms with Gasteiger partial charge < -0.3 is 9.32 Å². The molecule has 0 radical (unpaired) electrons. The normalized spacial score (nSPS) is 12.9. The zero-order valence-electron chi connectivity index (χ0n) is 31.9. The molecular formula is C55H39NO. The highest BCUT2D eigenvalue weighted by Gasteiger charge is 2.37. The molecule has 0 fully saturated rings. The Morgan fingerprint density at radius 1 is 0.404 bits per heavy atom. The number of fused-ring (bicyclic) bond motifs is 7. The predicted octanol–water partition coefficient (Wildman–Crippen LogP) is 15.5. The van der Waals surface area contributed by atoms with Crippen LogP contribution < -0.4 is 4.90 Å². The summed E-state index contributed by atoms with van der Waals surface area (Å²) in [6, 6.07) is 72.5. The zero-order chi connectivity index (χ0) is 38.1. The van der Waals surface area contributed by atoms with Gasteiger partial charge in [0.25, 0.3) is 0 Å². The molecule has 2 heteroatoms. The molecule has 2 nitrogen and oxygen atoms in total. The molecule has 0 spiro atoms. The maximum atomic E-state index is 6.78. The van der Waals surface area contributed by atoms with Crippen LogP contribution in [0.1, 0.15) is 25.0 Å². The van der Waals surface area contributed by atoms with E-state index >= 15 is 0 Å². The molecule has 1 aliphatic rings. The molecule has 0 bridgehead atoms. The minimum absolute atomic E-state index is 0.100. The molecule has 11 rings (SSSR count). The van der Waals surface area contributed by atoms with E-state index in [9.17, 15) is 0 Å². The second-order valence-corrected chi connectivity index (χ2v) is 15.7. The van der Waals surface area contributed by atoms with Gasteiger partial charge in [0.05, 0.1) is 5.69 Å². The summed E-state index contributed by atoms with van der Waals surface area (Å²) in [6.45, 7) is 4.72. The van der Waals surface area contributed by atoms with Crippen LogP contribution in [0.5, 0.6) is 0 Å². The first-order valence-electron chi connectivity index (χ1n) is 19.8. The first-order chi connectivity index (χ1) is 28.0. The number of rotatable bonds is 6. The van der Waals surface area contributed by atoms with Gasteiger partial charge in [-0.25, -0.2) is 0 Å². The van der Waals surface area contributed by atoms with Gasteiger partial charge in [-0.1, -0.05) is 172 Å². The van der Waals surface area contributed by atoms with Crippen molar-refractivity contribution in [3.05, 3.63) is 211 Å². The van der Waals surface area contributed by atoms with Gasteiger partial charge >= 0.3 is 0 Å². The number of nitrogens with zero attached hydrogens (tertiary/aromatic N) is 1. The molecule has 0 N–H and O–H groups in total. The smallest absolute Gasteiger partial charge is 0.143 e. The van der Waals surface area contributed by atoms with Crippen molar-refractivity contribution >= 4 is 49.8 Å². The molecule has 0 atom stereocenters. The lowest BCUT2D eigenvalue weighted by Gasteiger charge is -2.28. The third-order valence-electron chi connectivity index (χ3n) is 12.0. The van der Waals surface area contributed by atoms with E-state index in [2.05, 4.69) is 219 Å². The van der Waals surface area contributed by atoms with Crippen LogP contribution >= 0.6 is 0 Å². The monoisotopic (exact) mass is 729 g/mol. The summed E-state index contributed by atoms with van der Waals surface area (Å²) in [5, 5.41) is 4.63. The lowest BCUT2D eigenvalue weighted by atomic mass is 9.79. The van der Waals surface area contributed by atoms with Gasteiger partial charge in [-0.3, -0.25) is 0 Å². The first kappa shape index (κ1) is 33.2. The maximum absolute atomic E-state index is 6.78. The van der Waals surface area contributed by atoms with Crippen molar-refractivity contribution in [3.63, 3.8) is 0 Å². The Morgan fingerprint density at radius 3 is 1.74 bits per heavy atom. The summed E-state index contributed by atoms with van der Waals surface area (Å²) in [6.07, 6.45) is 0. The molecule has 1 aromatic heterocycles. The average Bonchev–Trinajstić information content (AvgIpc) is 3.75. The van der Waals surface area contributed by atoms with Crippen molar-refractivity contribution < 1.29 is 4.42 Å². The van der Waals surface area contributed by atoms with Crippen molar-refractivity contribution in [1.29, 1.82) is 0 Å². The Labute approximate surface area is 332 Å². The number of anilines is 3. The summed E-state index contributed by atoms with van der Waals surface area (Å²) in [5.41, 5.74) is 17.4. The van der Waals surface area contributed by atoms with Crippen LogP contribution in [0.2, 0.25) is 0 Å². The fourth-order valence-electron chi connectivity index (χ4n) is 9.33. The molecule has 10 aromatic rings. The second kappa shape index (κ2) is 13.0. The zero-order valence-corrected chi connectivity index (χ0v) is 31.9. The number of benzene rings is 9. The first-order valence-corrected chi connectivity index (χ1v) is 19.8. The Morgan fingerprint density at radius 2 is 0.965 bits per heavy atom. The number of para-hydroxylation sites is 2. The Hall–Kier alpha value is -7.16. The lowest BCUT2D eigenvalue weighted by Crippen LogP contribution is -2.16. The van der Waals surface area contributed by atoms with E-state index in [0.717, 1.165) is 50.1 Å². The molecule has 0 saturated carbocycles. The van der Waals surface area contributed by atoms with E-state index in [1.807, 2.05) is 0 Å². The number of hydrogen-bond donors (Lipinski definition) is 0. The highest BCUT2D eigenvalue weighted by Crippen LogP contribution is 2.52. The molecular weight excluding hydrogens is 691 g/mol. The van der Waals surface area contributed by atoms with Gasteiger partial charge in [-0.15, -0.1) is 0 Å². The highest BCUT2D eigenvalue weighted by molar-refractivity contribution is 6.14. The minimum atomic E-state index is -0.100. The predicted molar refractivity (Wildman–Crippen MR) is 240 cm³/mol. The number of hydrogen-bond acceptors (Lipinski definition) is 2. The summed E-state index contributed by atoms with van der Waals surface area (Å²) < 4.78 is 6.78. The Balaban J connectivity index is 1.07. The molecule has 0 saturated heterocycles. The van der Waals surface area contributed by atoms with Crippen LogP contribution in [0.15, 0.2) is 205 Å². The van der Waals surface area contributed by atoms with E-state index in [-0.39, 0.29) is 5.41 Å². The van der Waals surface area contributed by atoms with Gasteiger partial charge in [-0.05, 0) is 97.7 Å². The van der Waals surface area contributed by atoms with Gasteiger partial charge in [0.2, 0.25) is 0 Å². The molecule has 57 heavy (non-hydrogen) atoms. The van der Waals surface area contributed by atoms with Crippen molar-refractivity contribution in [2.45, 2.75) is 19.3 Å². The lowest BCUT2D eigenvalue weighted by molar-refractivity contribution is 0.662. The van der Waals surface area contributed by atoms with Crippen molar-refractivity contribution in [1.82, 2.24) is 0 Å². The molecule has 9 aromatic carbocycles. The number of furan rings is 1. The molecule has 0 aliphatic heterocycles. The molecule has 270 valence electrons. The third-order valence-corrected chi connectivity index (χ3v) is 12.0. The van der Waals surface area contributed by atoms with Crippen molar-refractivity contribution in [2.24, 2.45) is 0 Å². The molecule has 1 aliphatic carbocycles. The van der Waals surface area contributed by atoms with Crippen LogP contribution in [-0.4, -0.2) is 0 Å². The van der Waals surface area contributed by atoms with Gasteiger partial charge in [0, 0.05) is 38.7 Å². The molecule has 1 heterocycles.